The molecule has 9 heteroatoms. The molecule has 0 aliphatic carbocycles. The number of benzene rings is 2. The number of halogens is 2. The van der Waals surface area contributed by atoms with Crippen molar-refractivity contribution in [1.82, 2.24) is 0 Å². The lowest BCUT2D eigenvalue weighted by molar-refractivity contribution is -0.119. The maximum Gasteiger partial charge on any atom is 0.272 e. The maximum absolute atomic E-state index is 13.2. The molecule has 1 heterocycles. The third kappa shape index (κ3) is 4.07. The molecular weight excluding hydrogens is 385 g/mol. The fourth-order valence-corrected chi connectivity index (χ4v) is 3.07. The van der Waals surface area contributed by atoms with E-state index in [1.54, 1.807) is 18.2 Å². The Kier molecular flexibility index (Phi) is 5.51. The van der Waals surface area contributed by atoms with Crippen LogP contribution >= 0.6 is 11.6 Å². The minimum absolute atomic E-state index is 0.0381. The third-order valence-electron chi connectivity index (χ3n) is 4.28. The minimum Gasteiger partial charge on any atom is -0.376 e. The van der Waals surface area contributed by atoms with Gasteiger partial charge in [-0.1, -0.05) is 11.6 Å². The molecule has 0 spiro atoms. The normalized spacial score (nSPS) is 15.9. The van der Waals surface area contributed by atoms with E-state index >= 15 is 0 Å². The van der Waals surface area contributed by atoms with Crippen LogP contribution in [0.25, 0.3) is 0 Å². The van der Waals surface area contributed by atoms with Crippen LogP contribution in [0.2, 0.25) is 5.02 Å². The van der Waals surface area contributed by atoms with Crippen LogP contribution in [-0.4, -0.2) is 37.7 Å². The molecule has 2 aromatic rings. The van der Waals surface area contributed by atoms with Gasteiger partial charge in [0.2, 0.25) is 5.91 Å². The third-order valence-corrected chi connectivity index (χ3v) is 4.52. The molecule has 1 aliphatic rings. The molecule has 1 unspecified atom stereocenters. The van der Waals surface area contributed by atoms with Crippen molar-refractivity contribution in [3.05, 3.63) is 53.3 Å². The highest BCUT2D eigenvalue weighted by molar-refractivity contribution is 6.44. The van der Waals surface area contributed by atoms with Crippen LogP contribution in [0.15, 0.2) is 47.6 Å². The minimum atomic E-state index is -0.834. The van der Waals surface area contributed by atoms with Gasteiger partial charge in [-0.3, -0.25) is 14.6 Å². The van der Waals surface area contributed by atoms with E-state index in [0.717, 1.165) is 5.69 Å². The van der Waals surface area contributed by atoms with Crippen molar-refractivity contribution >= 4 is 46.2 Å². The largest absolute Gasteiger partial charge is 0.376 e. The second-order valence-corrected chi connectivity index (χ2v) is 6.94. The van der Waals surface area contributed by atoms with Gasteiger partial charge < -0.3 is 16.0 Å². The van der Waals surface area contributed by atoms with Crippen molar-refractivity contribution in [2.24, 2.45) is 10.8 Å². The summed E-state index contributed by atoms with van der Waals surface area (Å²) in [6.45, 7) is 0. The van der Waals surface area contributed by atoms with Crippen molar-refractivity contribution in [1.29, 1.82) is 0 Å². The molecule has 0 fully saturated rings. The predicted molar refractivity (Wildman–Crippen MR) is 108 cm³/mol. The van der Waals surface area contributed by atoms with Crippen LogP contribution in [0.5, 0.6) is 0 Å². The van der Waals surface area contributed by atoms with Gasteiger partial charge in [-0.15, -0.1) is 0 Å². The average Bonchev–Trinajstić information content (AvgIpc) is 3.08. The Bertz CT molecular complexity index is 946. The molecular formula is C19H19ClFN5O2. The number of nitrogens with zero attached hydrogens (tertiary/aromatic N) is 3. The van der Waals surface area contributed by atoms with E-state index in [1.807, 2.05) is 19.0 Å². The molecule has 28 heavy (non-hydrogen) atoms. The predicted octanol–water partition coefficient (Wildman–Crippen LogP) is 2.60. The molecule has 0 bridgehead atoms. The van der Waals surface area contributed by atoms with Crippen LogP contribution in [-0.2, 0) is 9.59 Å². The molecule has 0 saturated heterocycles. The van der Waals surface area contributed by atoms with Gasteiger partial charge in [0, 0.05) is 25.5 Å². The number of carbonyl (C=O) groups is 2. The summed E-state index contributed by atoms with van der Waals surface area (Å²) < 4.78 is 13.2. The van der Waals surface area contributed by atoms with Gasteiger partial charge in [0.1, 0.15) is 17.6 Å². The van der Waals surface area contributed by atoms with Crippen molar-refractivity contribution in [2.75, 3.05) is 29.3 Å². The number of rotatable bonds is 5. The van der Waals surface area contributed by atoms with Gasteiger partial charge in [0.05, 0.1) is 17.1 Å². The van der Waals surface area contributed by atoms with Gasteiger partial charge in [-0.05, 0) is 42.5 Å². The average molecular weight is 404 g/mol. The van der Waals surface area contributed by atoms with Gasteiger partial charge in [-0.25, -0.2) is 4.39 Å². The summed E-state index contributed by atoms with van der Waals surface area (Å²) in [6, 6.07) is 9.73. The highest BCUT2D eigenvalue weighted by Gasteiger charge is 2.35. The van der Waals surface area contributed by atoms with Crippen molar-refractivity contribution in [3.63, 3.8) is 0 Å². The second-order valence-electron chi connectivity index (χ2n) is 6.50. The number of carbonyl (C=O) groups excluding carboxylic acids is 2. The molecule has 3 rings (SSSR count). The first-order valence-corrected chi connectivity index (χ1v) is 8.84. The smallest absolute Gasteiger partial charge is 0.272 e. The van der Waals surface area contributed by atoms with E-state index in [4.69, 9.17) is 17.3 Å². The zero-order valence-corrected chi connectivity index (χ0v) is 16.1. The number of hydrazone groups is 1. The number of hydrogen-bond acceptors (Lipinski definition) is 5. The summed E-state index contributed by atoms with van der Waals surface area (Å²) in [5.74, 6) is -1.52. The van der Waals surface area contributed by atoms with Crippen LogP contribution in [0.1, 0.15) is 6.42 Å². The Morgan fingerprint density at radius 1 is 1.25 bits per heavy atom. The molecule has 146 valence electrons. The summed E-state index contributed by atoms with van der Waals surface area (Å²) in [5, 5.41) is 8.84. The Morgan fingerprint density at radius 2 is 1.93 bits per heavy atom. The van der Waals surface area contributed by atoms with Crippen molar-refractivity contribution in [2.45, 2.75) is 12.5 Å². The number of nitrogens with two attached hydrogens (primary N) is 1. The molecule has 1 atom stereocenters. The SMILES string of the molecule is CN(C)c1ccc(Cl)cc1NC(=O)C1=NN(c2ccc(F)cc2)C(C(N)=O)C1. The summed E-state index contributed by atoms with van der Waals surface area (Å²) >= 11 is 6.05. The van der Waals surface area contributed by atoms with Crippen LogP contribution < -0.4 is 21.0 Å². The zero-order chi connectivity index (χ0) is 20.4. The van der Waals surface area contributed by atoms with E-state index in [9.17, 15) is 14.0 Å². The van der Waals surface area contributed by atoms with Crippen LogP contribution in [0.4, 0.5) is 21.5 Å². The Labute approximate surface area is 166 Å². The lowest BCUT2D eigenvalue weighted by Gasteiger charge is -2.20. The first kappa shape index (κ1) is 19.6. The zero-order valence-electron chi connectivity index (χ0n) is 15.3. The van der Waals surface area contributed by atoms with E-state index in [-0.39, 0.29) is 12.1 Å². The van der Waals surface area contributed by atoms with Crippen LogP contribution in [0.3, 0.4) is 0 Å². The number of anilines is 3. The van der Waals surface area contributed by atoms with Gasteiger partial charge >= 0.3 is 0 Å². The molecule has 0 radical (unpaired) electrons. The standard InChI is InChI=1S/C19H19ClFN5O2/c1-25(2)16-8-3-11(20)9-14(16)23-19(28)15-10-17(18(22)27)26(24-15)13-6-4-12(21)5-7-13/h3-9,17H,10H2,1-2H3,(H2,22,27)(H,23,28). The first-order chi connectivity index (χ1) is 13.3. The lowest BCUT2D eigenvalue weighted by Crippen LogP contribution is -2.39. The number of amides is 2. The quantitative estimate of drug-likeness (QED) is 0.802. The van der Waals surface area contributed by atoms with Gasteiger partial charge in [0.25, 0.3) is 5.91 Å². The number of nitrogens with one attached hydrogen (secondary N) is 1. The van der Waals surface area contributed by atoms with Crippen molar-refractivity contribution < 1.29 is 14.0 Å². The van der Waals surface area contributed by atoms with E-state index in [2.05, 4.69) is 10.4 Å². The van der Waals surface area contributed by atoms with Gasteiger partial charge in [-0.2, -0.15) is 5.10 Å². The first-order valence-electron chi connectivity index (χ1n) is 8.46. The second kappa shape index (κ2) is 7.85. The van der Waals surface area contributed by atoms with E-state index in [0.29, 0.717) is 16.4 Å². The fraction of sp³-hybridized carbons (Fsp3) is 0.211. The summed E-state index contributed by atoms with van der Waals surface area (Å²) in [6.07, 6.45) is 0.0381. The highest BCUT2D eigenvalue weighted by Crippen LogP contribution is 2.29. The summed E-state index contributed by atoms with van der Waals surface area (Å²) in [5.41, 5.74) is 7.35. The fourth-order valence-electron chi connectivity index (χ4n) is 2.89. The van der Waals surface area contributed by atoms with E-state index < -0.39 is 23.7 Å². The molecule has 7 nitrogen and oxygen atoms in total. The Balaban J connectivity index is 1.88. The molecule has 2 amide bonds. The summed E-state index contributed by atoms with van der Waals surface area (Å²) in [4.78, 5) is 26.4. The molecule has 3 N–H and O–H groups in total. The summed E-state index contributed by atoms with van der Waals surface area (Å²) in [7, 11) is 3.68. The molecule has 0 saturated carbocycles. The van der Waals surface area contributed by atoms with E-state index in [1.165, 1.54) is 29.3 Å². The molecule has 1 aliphatic heterocycles. The van der Waals surface area contributed by atoms with Crippen molar-refractivity contribution in [3.8, 4) is 0 Å². The lowest BCUT2D eigenvalue weighted by atomic mass is 10.1. The Hall–Kier alpha value is -3.13. The maximum atomic E-state index is 13.2. The number of primary amides is 1. The Morgan fingerprint density at radius 3 is 2.54 bits per heavy atom. The molecule has 0 aromatic heterocycles. The van der Waals surface area contributed by atoms with Gasteiger partial charge in [0.15, 0.2) is 0 Å². The van der Waals surface area contributed by atoms with Crippen LogP contribution in [0, 0.1) is 5.82 Å². The topological polar surface area (TPSA) is 91.0 Å². The highest BCUT2D eigenvalue weighted by atomic mass is 35.5. The number of hydrogen-bond donors (Lipinski definition) is 2. The molecule has 2 aromatic carbocycles. The monoisotopic (exact) mass is 403 g/mol.